The zero-order valence-electron chi connectivity index (χ0n) is 11.1. The first-order valence-electron chi connectivity index (χ1n) is 6.24. The molecule has 2 heterocycles. The first-order chi connectivity index (χ1) is 10.6. The number of aromatic nitrogens is 6. The molecule has 0 aliphatic heterocycles. The monoisotopic (exact) mass is 306 g/mol. The largest absolute Gasteiger partial charge is 0.433 e. The fourth-order valence-corrected chi connectivity index (χ4v) is 2.05. The van der Waals surface area contributed by atoms with E-state index < -0.39 is 11.9 Å². The Balaban J connectivity index is 2.07. The Hall–Kier alpha value is -2.84. The fourth-order valence-electron chi connectivity index (χ4n) is 2.05. The van der Waals surface area contributed by atoms with Gasteiger partial charge in [0, 0.05) is 12.0 Å². The number of para-hydroxylation sites is 1. The van der Waals surface area contributed by atoms with Crippen LogP contribution in [0.15, 0.2) is 42.9 Å². The summed E-state index contributed by atoms with van der Waals surface area (Å²) in [5.41, 5.74) is -0.566. The number of rotatable bonds is 3. The van der Waals surface area contributed by atoms with E-state index in [1.807, 2.05) is 0 Å². The summed E-state index contributed by atoms with van der Waals surface area (Å²) in [7, 11) is 0. The van der Waals surface area contributed by atoms with Gasteiger partial charge in [0.05, 0.1) is 11.9 Å². The zero-order valence-corrected chi connectivity index (χ0v) is 11.1. The van der Waals surface area contributed by atoms with Crippen LogP contribution in [0.1, 0.15) is 17.1 Å². The standard InChI is InChI=1S/C13H9F3N6/c14-13(15,16)12-9(6-11-20-17-8-18-21-11)7-19-22(12)10-4-2-1-3-5-10/h1-5,7-8H,6H2. The van der Waals surface area contributed by atoms with E-state index in [1.54, 1.807) is 30.3 Å². The number of hydrogen-bond acceptors (Lipinski definition) is 5. The average Bonchev–Trinajstić information content (AvgIpc) is 2.93. The van der Waals surface area contributed by atoms with Crippen LogP contribution in [0.2, 0.25) is 0 Å². The van der Waals surface area contributed by atoms with Crippen LogP contribution >= 0.6 is 0 Å². The van der Waals surface area contributed by atoms with E-state index in [0.717, 1.165) is 17.2 Å². The predicted molar refractivity (Wildman–Crippen MR) is 69.0 cm³/mol. The quantitative estimate of drug-likeness (QED) is 0.741. The van der Waals surface area contributed by atoms with Crippen molar-refractivity contribution in [3.05, 3.63) is 59.9 Å². The second kappa shape index (κ2) is 5.51. The lowest BCUT2D eigenvalue weighted by atomic mass is 10.1. The molecule has 0 unspecified atom stereocenters. The third-order valence-corrected chi connectivity index (χ3v) is 2.91. The minimum Gasteiger partial charge on any atom is -0.228 e. The normalized spacial score (nSPS) is 11.6. The molecule has 0 spiro atoms. The second-order valence-corrected chi connectivity index (χ2v) is 4.40. The van der Waals surface area contributed by atoms with Crippen LogP contribution in [0.5, 0.6) is 0 Å². The summed E-state index contributed by atoms with van der Waals surface area (Å²) in [6.45, 7) is 0. The van der Waals surface area contributed by atoms with E-state index in [0.29, 0.717) is 5.69 Å². The average molecular weight is 306 g/mol. The lowest BCUT2D eigenvalue weighted by molar-refractivity contribution is -0.143. The third kappa shape index (κ3) is 2.78. The van der Waals surface area contributed by atoms with Crippen molar-refractivity contribution in [3.8, 4) is 5.69 Å². The van der Waals surface area contributed by atoms with E-state index in [9.17, 15) is 13.2 Å². The minimum atomic E-state index is -4.56. The van der Waals surface area contributed by atoms with Crippen molar-refractivity contribution in [2.45, 2.75) is 12.6 Å². The van der Waals surface area contributed by atoms with Gasteiger partial charge >= 0.3 is 6.18 Å². The Bertz CT molecular complexity index is 754. The molecule has 0 N–H and O–H groups in total. The fraction of sp³-hybridized carbons (Fsp3) is 0.154. The Morgan fingerprint density at radius 1 is 1.00 bits per heavy atom. The molecule has 0 amide bonds. The van der Waals surface area contributed by atoms with Crippen molar-refractivity contribution in [1.82, 2.24) is 30.2 Å². The summed E-state index contributed by atoms with van der Waals surface area (Å²) in [6, 6.07) is 8.11. The first kappa shape index (κ1) is 14.1. The maximum atomic E-state index is 13.4. The van der Waals surface area contributed by atoms with Gasteiger partial charge in [-0.05, 0) is 12.1 Å². The summed E-state index contributed by atoms with van der Waals surface area (Å²) in [5.74, 6) is 0.0978. The van der Waals surface area contributed by atoms with Gasteiger partial charge in [-0.15, -0.1) is 20.4 Å². The molecule has 2 aromatic heterocycles. The Kier molecular flexibility index (Phi) is 3.53. The smallest absolute Gasteiger partial charge is 0.228 e. The summed E-state index contributed by atoms with van der Waals surface area (Å²) in [5, 5.41) is 18.2. The topological polar surface area (TPSA) is 69.4 Å². The number of alkyl halides is 3. The molecule has 0 saturated heterocycles. The third-order valence-electron chi connectivity index (χ3n) is 2.91. The molecule has 22 heavy (non-hydrogen) atoms. The van der Waals surface area contributed by atoms with Gasteiger partial charge in [-0.3, -0.25) is 0 Å². The van der Waals surface area contributed by atoms with E-state index in [-0.39, 0.29) is 17.8 Å². The van der Waals surface area contributed by atoms with Crippen LogP contribution in [0.25, 0.3) is 5.69 Å². The molecule has 3 aromatic rings. The Labute approximate surface area is 122 Å². The van der Waals surface area contributed by atoms with Gasteiger partial charge < -0.3 is 0 Å². The summed E-state index contributed by atoms with van der Waals surface area (Å²) in [4.78, 5) is 0. The molecule has 0 bridgehead atoms. The van der Waals surface area contributed by atoms with Crippen LogP contribution in [-0.2, 0) is 12.6 Å². The molecular formula is C13H9F3N6. The summed E-state index contributed by atoms with van der Waals surface area (Å²) in [6.07, 6.45) is -2.44. The number of benzene rings is 1. The molecule has 0 radical (unpaired) electrons. The van der Waals surface area contributed by atoms with Gasteiger partial charge in [-0.1, -0.05) is 18.2 Å². The number of halogens is 3. The van der Waals surface area contributed by atoms with Gasteiger partial charge in [-0.2, -0.15) is 18.3 Å². The van der Waals surface area contributed by atoms with Crippen molar-refractivity contribution in [3.63, 3.8) is 0 Å². The molecule has 0 saturated carbocycles. The van der Waals surface area contributed by atoms with Crippen LogP contribution in [0.4, 0.5) is 13.2 Å². The van der Waals surface area contributed by atoms with Crippen LogP contribution in [0.3, 0.4) is 0 Å². The zero-order chi connectivity index (χ0) is 15.6. The molecule has 9 heteroatoms. The highest BCUT2D eigenvalue weighted by Crippen LogP contribution is 2.34. The van der Waals surface area contributed by atoms with Gasteiger partial charge in [0.25, 0.3) is 0 Å². The molecule has 0 fully saturated rings. The lowest BCUT2D eigenvalue weighted by Gasteiger charge is -2.12. The van der Waals surface area contributed by atoms with Crippen molar-refractivity contribution in [2.24, 2.45) is 0 Å². The van der Waals surface area contributed by atoms with Crippen LogP contribution in [0, 0.1) is 0 Å². The van der Waals surface area contributed by atoms with Gasteiger partial charge in [-0.25, -0.2) is 4.68 Å². The summed E-state index contributed by atoms with van der Waals surface area (Å²) >= 11 is 0. The van der Waals surface area contributed by atoms with Crippen LogP contribution < -0.4 is 0 Å². The molecule has 3 rings (SSSR count). The molecule has 112 valence electrons. The lowest BCUT2D eigenvalue weighted by Crippen LogP contribution is -2.16. The van der Waals surface area contributed by atoms with Crippen molar-refractivity contribution < 1.29 is 13.2 Å². The summed E-state index contributed by atoms with van der Waals surface area (Å²) < 4.78 is 41.1. The molecule has 0 atom stereocenters. The van der Waals surface area contributed by atoms with Gasteiger partial charge in [0.2, 0.25) is 0 Å². The van der Waals surface area contributed by atoms with Crippen molar-refractivity contribution in [1.29, 1.82) is 0 Å². The van der Waals surface area contributed by atoms with E-state index in [4.69, 9.17) is 0 Å². The number of nitrogens with zero attached hydrogens (tertiary/aromatic N) is 6. The molecule has 1 aromatic carbocycles. The van der Waals surface area contributed by atoms with Crippen molar-refractivity contribution in [2.75, 3.05) is 0 Å². The molecule has 0 aliphatic rings. The second-order valence-electron chi connectivity index (χ2n) is 4.40. The van der Waals surface area contributed by atoms with E-state index >= 15 is 0 Å². The number of hydrogen-bond donors (Lipinski definition) is 0. The molecular weight excluding hydrogens is 297 g/mol. The van der Waals surface area contributed by atoms with Crippen molar-refractivity contribution >= 4 is 0 Å². The van der Waals surface area contributed by atoms with Gasteiger partial charge in [0.15, 0.2) is 17.8 Å². The maximum absolute atomic E-state index is 13.4. The Morgan fingerprint density at radius 2 is 1.68 bits per heavy atom. The molecule has 0 aliphatic carbocycles. The minimum absolute atomic E-state index is 0.0360. The Morgan fingerprint density at radius 3 is 2.32 bits per heavy atom. The SMILES string of the molecule is FC(F)(F)c1c(Cc2nncnn2)cnn1-c1ccccc1. The van der Waals surface area contributed by atoms with Crippen LogP contribution in [-0.4, -0.2) is 30.2 Å². The maximum Gasteiger partial charge on any atom is 0.433 e. The highest BCUT2D eigenvalue weighted by atomic mass is 19.4. The molecule has 6 nitrogen and oxygen atoms in total. The first-order valence-corrected chi connectivity index (χ1v) is 6.24. The van der Waals surface area contributed by atoms with E-state index in [2.05, 4.69) is 25.5 Å². The predicted octanol–water partition coefficient (Wildman–Crippen LogP) is 2.06. The highest BCUT2D eigenvalue weighted by molar-refractivity contribution is 5.36. The highest BCUT2D eigenvalue weighted by Gasteiger charge is 2.38. The van der Waals surface area contributed by atoms with E-state index in [1.165, 1.54) is 0 Å². The van der Waals surface area contributed by atoms with Gasteiger partial charge in [0.1, 0.15) is 0 Å².